The van der Waals surface area contributed by atoms with E-state index in [0.29, 0.717) is 18.3 Å². The Morgan fingerprint density at radius 1 is 1.33 bits per heavy atom. The number of benzene rings is 2. The number of aromatic hydroxyl groups is 1. The third-order valence-corrected chi connectivity index (χ3v) is 4.03. The summed E-state index contributed by atoms with van der Waals surface area (Å²) in [6, 6.07) is 15.0. The van der Waals surface area contributed by atoms with Gasteiger partial charge >= 0.3 is 0 Å². The molecule has 1 aliphatic rings. The van der Waals surface area contributed by atoms with Crippen LogP contribution >= 0.6 is 0 Å². The Morgan fingerprint density at radius 2 is 2.12 bits per heavy atom. The van der Waals surface area contributed by atoms with Gasteiger partial charge in [-0.15, -0.1) is 0 Å². The second kappa shape index (κ2) is 7.17. The highest BCUT2D eigenvalue weighted by atomic mass is 16.5. The van der Waals surface area contributed by atoms with Crippen LogP contribution in [-0.2, 0) is 4.79 Å². The number of hydrogen-bond donors (Lipinski definition) is 2. The summed E-state index contributed by atoms with van der Waals surface area (Å²) >= 11 is 0. The lowest BCUT2D eigenvalue weighted by Gasteiger charge is -2.06. The molecule has 0 radical (unpaired) electrons. The van der Waals surface area contributed by atoms with Crippen molar-refractivity contribution in [1.29, 1.82) is 0 Å². The van der Waals surface area contributed by atoms with E-state index in [2.05, 4.69) is 10.5 Å². The lowest BCUT2D eigenvalue weighted by Crippen LogP contribution is -2.20. The number of rotatable bonds is 6. The zero-order valence-corrected chi connectivity index (χ0v) is 13.5. The topological polar surface area (TPSA) is 70.9 Å². The molecule has 0 bridgehead atoms. The van der Waals surface area contributed by atoms with E-state index in [1.165, 1.54) is 5.56 Å². The van der Waals surface area contributed by atoms with Crippen LogP contribution in [0.2, 0.25) is 0 Å². The number of nitrogens with one attached hydrogen (secondary N) is 1. The molecule has 5 nitrogen and oxygen atoms in total. The minimum Gasteiger partial charge on any atom is -0.504 e. The number of amides is 1. The Labute approximate surface area is 141 Å². The van der Waals surface area contributed by atoms with E-state index in [4.69, 9.17) is 4.74 Å². The molecular formula is C19H20N2O3. The van der Waals surface area contributed by atoms with Crippen molar-refractivity contribution in [3.05, 3.63) is 59.7 Å². The molecule has 124 valence electrons. The molecule has 24 heavy (non-hydrogen) atoms. The third kappa shape index (κ3) is 3.74. The van der Waals surface area contributed by atoms with Gasteiger partial charge in [0, 0.05) is 5.92 Å². The van der Waals surface area contributed by atoms with E-state index in [9.17, 15) is 9.90 Å². The highest BCUT2D eigenvalue weighted by Gasteiger charge is 2.43. The first-order chi connectivity index (χ1) is 11.7. The molecule has 1 fully saturated rings. The standard InChI is InChI=1S/C19H20N2O3/c1-2-24-18-10-13(8-9-17(18)22)12-20-21-19(23)16-11-15(16)14-6-4-3-5-7-14/h3-10,12,15-16,22H,2,11H2,1H3,(H,21,23)/b20-12+/t15-,16+/m0/s1. The second-order valence-corrected chi connectivity index (χ2v) is 5.75. The zero-order valence-electron chi connectivity index (χ0n) is 13.5. The fourth-order valence-electron chi connectivity index (χ4n) is 2.69. The Kier molecular flexibility index (Phi) is 4.79. The van der Waals surface area contributed by atoms with E-state index in [1.807, 2.05) is 37.3 Å². The van der Waals surface area contributed by atoms with Gasteiger partial charge in [-0.3, -0.25) is 4.79 Å². The number of carbonyl (C=O) groups is 1. The quantitative estimate of drug-likeness (QED) is 0.634. The van der Waals surface area contributed by atoms with Gasteiger partial charge in [0.1, 0.15) is 0 Å². The van der Waals surface area contributed by atoms with Crippen LogP contribution in [0.1, 0.15) is 30.4 Å². The third-order valence-electron chi connectivity index (χ3n) is 4.03. The fraction of sp³-hybridized carbons (Fsp3) is 0.263. The molecule has 0 unspecified atom stereocenters. The Bertz CT molecular complexity index is 744. The predicted molar refractivity (Wildman–Crippen MR) is 92.3 cm³/mol. The average molecular weight is 324 g/mol. The van der Waals surface area contributed by atoms with Gasteiger partial charge in [-0.05, 0) is 48.6 Å². The first kappa shape index (κ1) is 16.1. The molecule has 2 aromatic carbocycles. The van der Waals surface area contributed by atoms with Crippen LogP contribution in [0, 0.1) is 5.92 Å². The monoisotopic (exact) mass is 324 g/mol. The van der Waals surface area contributed by atoms with Crippen molar-refractivity contribution in [1.82, 2.24) is 5.43 Å². The highest BCUT2D eigenvalue weighted by molar-refractivity contribution is 5.86. The number of carbonyl (C=O) groups excluding carboxylic acids is 1. The molecule has 1 aliphatic carbocycles. The molecule has 0 aliphatic heterocycles. The van der Waals surface area contributed by atoms with Crippen LogP contribution < -0.4 is 10.2 Å². The van der Waals surface area contributed by atoms with E-state index in [0.717, 1.165) is 12.0 Å². The molecule has 0 heterocycles. The Balaban J connectivity index is 1.55. The number of ether oxygens (including phenoxy) is 1. The van der Waals surface area contributed by atoms with Gasteiger partial charge in [0.15, 0.2) is 11.5 Å². The summed E-state index contributed by atoms with van der Waals surface area (Å²) in [5, 5.41) is 13.7. The van der Waals surface area contributed by atoms with Crippen molar-refractivity contribution in [2.24, 2.45) is 11.0 Å². The van der Waals surface area contributed by atoms with Crippen molar-refractivity contribution in [3.8, 4) is 11.5 Å². The smallest absolute Gasteiger partial charge is 0.243 e. The van der Waals surface area contributed by atoms with Gasteiger partial charge in [-0.2, -0.15) is 5.10 Å². The Hall–Kier alpha value is -2.82. The molecular weight excluding hydrogens is 304 g/mol. The second-order valence-electron chi connectivity index (χ2n) is 5.75. The summed E-state index contributed by atoms with van der Waals surface area (Å²) < 4.78 is 5.32. The van der Waals surface area contributed by atoms with Crippen LogP contribution in [-0.4, -0.2) is 23.8 Å². The van der Waals surface area contributed by atoms with E-state index in [1.54, 1.807) is 24.4 Å². The Morgan fingerprint density at radius 3 is 2.88 bits per heavy atom. The normalized spacial score (nSPS) is 19.2. The number of hydrogen-bond acceptors (Lipinski definition) is 4. The molecule has 5 heteroatoms. The van der Waals surface area contributed by atoms with E-state index in [-0.39, 0.29) is 17.6 Å². The molecule has 0 saturated heterocycles. The van der Waals surface area contributed by atoms with E-state index < -0.39 is 0 Å². The number of hydrazone groups is 1. The highest BCUT2D eigenvalue weighted by Crippen LogP contribution is 2.47. The molecule has 2 atom stereocenters. The molecule has 1 saturated carbocycles. The molecule has 0 aromatic heterocycles. The number of phenols is 1. The number of phenolic OH excluding ortho intramolecular Hbond substituents is 1. The molecule has 2 aromatic rings. The summed E-state index contributed by atoms with van der Waals surface area (Å²) in [4.78, 5) is 12.1. The fourth-order valence-corrected chi connectivity index (χ4v) is 2.69. The van der Waals surface area contributed by atoms with Crippen molar-refractivity contribution >= 4 is 12.1 Å². The van der Waals surface area contributed by atoms with Gasteiger partial charge in [-0.25, -0.2) is 5.43 Å². The van der Waals surface area contributed by atoms with Crippen LogP contribution in [0.3, 0.4) is 0 Å². The van der Waals surface area contributed by atoms with Crippen LogP contribution in [0.4, 0.5) is 0 Å². The minimum absolute atomic E-state index is 0.0108. The summed E-state index contributed by atoms with van der Waals surface area (Å²) in [6.07, 6.45) is 2.40. The molecule has 3 rings (SSSR count). The van der Waals surface area contributed by atoms with Gasteiger partial charge in [-0.1, -0.05) is 30.3 Å². The first-order valence-electron chi connectivity index (χ1n) is 8.02. The van der Waals surface area contributed by atoms with Gasteiger partial charge in [0.2, 0.25) is 5.91 Å². The lowest BCUT2D eigenvalue weighted by atomic mass is 10.1. The largest absolute Gasteiger partial charge is 0.504 e. The average Bonchev–Trinajstić information content (AvgIpc) is 3.39. The predicted octanol–water partition coefficient (Wildman–Crippen LogP) is 3.04. The van der Waals surface area contributed by atoms with Gasteiger partial charge in [0.05, 0.1) is 12.8 Å². The number of nitrogens with zero attached hydrogens (tertiary/aromatic N) is 1. The SMILES string of the molecule is CCOc1cc(/C=N/NC(=O)[C@@H]2C[C@H]2c2ccccc2)ccc1O. The minimum atomic E-state index is -0.0658. The lowest BCUT2D eigenvalue weighted by molar-refractivity contribution is -0.122. The first-order valence-corrected chi connectivity index (χ1v) is 8.02. The van der Waals surface area contributed by atoms with Crippen molar-refractivity contribution < 1.29 is 14.6 Å². The van der Waals surface area contributed by atoms with Crippen LogP contribution in [0.25, 0.3) is 0 Å². The van der Waals surface area contributed by atoms with E-state index >= 15 is 0 Å². The summed E-state index contributed by atoms with van der Waals surface area (Å²) in [5.41, 5.74) is 4.52. The van der Waals surface area contributed by atoms with Crippen LogP contribution in [0.15, 0.2) is 53.6 Å². The molecule has 2 N–H and O–H groups in total. The van der Waals surface area contributed by atoms with Gasteiger partial charge < -0.3 is 9.84 Å². The summed E-state index contributed by atoms with van der Waals surface area (Å²) in [6.45, 7) is 2.31. The zero-order chi connectivity index (χ0) is 16.9. The van der Waals surface area contributed by atoms with Gasteiger partial charge in [0.25, 0.3) is 0 Å². The maximum absolute atomic E-state index is 12.1. The molecule has 1 amide bonds. The molecule has 0 spiro atoms. The maximum atomic E-state index is 12.1. The maximum Gasteiger partial charge on any atom is 0.243 e. The van der Waals surface area contributed by atoms with Crippen molar-refractivity contribution in [3.63, 3.8) is 0 Å². The van der Waals surface area contributed by atoms with Crippen molar-refractivity contribution in [2.45, 2.75) is 19.3 Å². The summed E-state index contributed by atoms with van der Waals surface area (Å²) in [5.74, 6) is 0.702. The van der Waals surface area contributed by atoms with Crippen molar-refractivity contribution in [2.75, 3.05) is 6.61 Å². The summed E-state index contributed by atoms with van der Waals surface area (Å²) in [7, 11) is 0. The van der Waals surface area contributed by atoms with Crippen LogP contribution in [0.5, 0.6) is 11.5 Å².